The third kappa shape index (κ3) is 6.72. The van der Waals surface area contributed by atoms with E-state index in [0.29, 0.717) is 18.9 Å². The largest absolute Gasteiger partial charge is 0.384 e. The number of carbonyl (C=O) groups excluding carboxylic acids is 1. The van der Waals surface area contributed by atoms with E-state index in [0.717, 1.165) is 25.7 Å². The molecule has 5 heteroatoms. The third-order valence-electron chi connectivity index (χ3n) is 6.88. The van der Waals surface area contributed by atoms with Crippen molar-refractivity contribution in [3.05, 3.63) is 0 Å². The van der Waals surface area contributed by atoms with Crippen molar-refractivity contribution in [2.75, 3.05) is 59.5 Å². The lowest BCUT2D eigenvalue weighted by Gasteiger charge is -2.39. The first-order valence-electron chi connectivity index (χ1n) is 11.5. The summed E-state index contributed by atoms with van der Waals surface area (Å²) in [5, 5.41) is 0. The Balaban J connectivity index is 1.51. The van der Waals surface area contributed by atoms with Gasteiger partial charge in [-0.15, -0.1) is 0 Å². The Morgan fingerprint density at radius 2 is 1.78 bits per heavy atom. The summed E-state index contributed by atoms with van der Waals surface area (Å²) < 4.78 is 5.17. The maximum absolute atomic E-state index is 12.8. The number of piperidine rings is 2. The van der Waals surface area contributed by atoms with Gasteiger partial charge >= 0.3 is 0 Å². The second-order valence-electron chi connectivity index (χ2n) is 8.93. The lowest BCUT2D eigenvalue weighted by atomic mass is 9.95. The van der Waals surface area contributed by atoms with Crippen LogP contribution in [-0.4, -0.2) is 86.2 Å². The van der Waals surface area contributed by atoms with Crippen LogP contribution in [-0.2, 0) is 9.53 Å². The number of methoxy groups -OCH3 is 1. The second kappa shape index (κ2) is 11.4. The van der Waals surface area contributed by atoms with E-state index in [9.17, 15) is 4.79 Å². The van der Waals surface area contributed by atoms with Crippen molar-refractivity contribution >= 4 is 5.91 Å². The number of hydrogen-bond donors (Lipinski definition) is 0. The van der Waals surface area contributed by atoms with Crippen molar-refractivity contribution in [1.82, 2.24) is 14.7 Å². The molecule has 1 saturated carbocycles. The number of carbonyl (C=O) groups is 1. The van der Waals surface area contributed by atoms with Gasteiger partial charge in [0.2, 0.25) is 5.91 Å². The molecular formula is C22H41N3O2. The van der Waals surface area contributed by atoms with Gasteiger partial charge in [-0.2, -0.15) is 0 Å². The van der Waals surface area contributed by atoms with E-state index in [1.165, 1.54) is 84.0 Å². The van der Waals surface area contributed by atoms with Gasteiger partial charge in [0.15, 0.2) is 0 Å². The van der Waals surface area contributed by atoms with Crippen LogP contribution in [0.1, 0.15) is 64.2 Å². The summed E-state index contributed by atoms with van der Waals surface area (Å²) in [6.45, 7) is 8.30. The van der Waals surface area contributed by atoms with E-state index in [4.69, 9.17) is 4.74 Å². The maximum atomic E-state index is 12.8. The predicted molar refractivity (Wildman–Crippen MR) is 110 cm³/mol. The van der Waals surface area contributed by atoms with Gasteiger partial charge in [0.1, 0.15) is 0 Å². The van der Waals surface area contributed by atoms with E-state index < -0.39 is 0 Å². The molecule has 27 heavy (non-hydrogen) atoms. The lowest BCUT2D eigenvalue weighted by Crippen LogP contribution is -2.47. The van der Waals surface area contributed by atoms with Gasteiger partial charge in [-0.25, -0.2) is 0 Å². The summed E-state index contributed by atoms with van der Waals surface area (Å²) >= 11 is 0. The number of rotatable bonds is 9. The summed E-state index contributed by atoms with van der Waals surface area (Å²) in [6, 6.07) is 0.818. The van der Waals surface area contributed by atoms with Crippen molar-refractivity contribution in [3.63, 3.8) is 0 Å². The van der Waals surface area contributed by atoms with Crippen LogP contribution in [0.5, 0.6) is 0 Å². The molecule has 1 aliphatic carbocycles. The number of nitrogens with zero attached hydrogens (tertiary/aromatic N) is 3. The molecule has 0 bridgehead atoms. The first-order valence-corrected chi connectivity index (χ1v) is 11.5. The molecule has 1 atom stereocenters. The van der Waals surface area contributed by atoms with E-state index in [2.05, 4.69) is 14.7 Å². The Morgan fingerprint density at radius 1 is 1.00 bits per heavy atom. The molecule has 0 aromatic carbocycles. The highest BCUT2D eigenvalue weighted by atomic mass is 16.5. The van der Waals surface area contributed by atoms with Crippen LogP contribution in [0.3, 0.4) is 0 Å². The first kappa shape index (κ1) is 21.1. The Hall–Kier alpha value is -0.650. The molecule has 1 unspecified atom stereocenters. The maximum Gasteiger partial charge on any atom is 0.224 e. The van der Waals surface area contributed by atoms with Gasteiger partial charge in [-0.1, -0.05) is 19.3 Å². The van der Waals surface area contributed by atoms with Gasteiger partial charge in [0.05, 0.1) is 13.0 Å². The minimum atomic E-state index is 0.284. The van der Waals surface area contributed by atoms with Gasteiger partial charge in [-0.3, -0.25) is 4.79 Å². The summed E-state index contributed by atoms with van der Waals surface area (Å²) in [5.74, 6) is 0.930. The van der Waals surface area contributed by atoms with Crippen molar-refractivity contribution in [1.29, 1.82) is 0 Å². The molecule has 2 heterocycles. The zero-order chi connectivity index (χ0) is 18.9. The van der Waals surface area contributed by atoms with Crippen LogP contribution in [0.15, 0.2) is 0 Å². The van der Waals surface area contributed by atoms with Crippen molar-refractivity contribution in [2.24, 2.45) is 5.92 Å². The van der Waals surface area contributed by atoms with Gasteiger partial charge in [0, 0.05) is 39.3 Å². The standard InChI is InChI=1S/C22H41N3O2/c1-27-17-11-22(26)25(16-15-23-12-5-2-6-13-23)19-20-8-7-14-24(18-20)21-9-3-4-10-21/h20-21H,2-19H2,1H3. The summed E-state index contributed by atoms with van der Waals surface area (Å²) in [7, 11) is 1.69. The highest BCUT2D eigenvalue weighted by Crippen LogP contribution is 2.28. The fourth-order valence-corrected chi connectivity index (χ4v) is 5.27. The van der Waals surface area contributed by atoms with E-state index in [-0.39, 0.29) is 5.91 Å². The summed E-state index contributed by atoms with van der Waals surface area (Å²) in [6.07, 6.45) is 12.7. The molecular weight excluding hydrogens is 338 g/mol. The van der Waals surface area contributed by atoms with E-state index >= 15 is 0 Å². The van der Waals surface area contributed by atoms with Crippen molar-refractivity contribution in [3.8, 4) is 0 Å². The van der Waals surface area contributed by atoms with Crippen LogP contribution in [0.2, 0.25) is 0 Å². The smallest absolute Gasteiger partial charge is 0.224 e. The molecule has 156 valence electrons. The molecule has 5 nitrogen and oxygen atoms in total. The molecule has 0 aromatic rings. The molecule has 3 rings (SSSR count). The van der Waals surface area contributed by atoms with Crippen LogP contribution in [0.4, 0.5) is 0 Å². The molecule has 0 aromatic heterocycles. The summed E-state index contributed by atoms with van der Waals surface area (Å²) in [5.41, 5.74) is 0. The lowest BCUT2D eigenvalue weighted by molar-refractivity contribution is -0.133. The van der Waals surface area contributed by atoms with Gasteiger partial charge < -0.3 is 19.4 Å². The topological polar surface area (TPSA) is 36.0 Å². The van der Waals surface area contributed by atoms with Crippen molar-refractivity contribution in [2.45, 2.75) is 70.3 Å². The molecule has 1 amide bonds. The van der Waals surface area contributed by atoms with Crippen LogP contribution < -0.4 is 0 Å². The fraction of sp³-hybridized carbons (Fsp3) is 0.955. The Morgan fingerprint density at radius 3 is 2.52 bits per heavy atom. The molecule has 2 saturated heterocycles. The predicted octanol–water partition coefficient (Wildman–Crippen LogP) is 2.99. The average molecular weight is 380 g/mol. The number of amides is 1. The van der Waals surface area contributed by atoms with Gasteiger partial charge in [0.25, 0.3) is 0 Å². The monoisotopic (exact) mass is 379 g/mol. The van der Waals surface area contributed by atoms with Crippen molar-refractivity contribution < 1.29 is 9.53 Å². The van der Waals surface area contributed by atoms with Crippen LogP contribution in [0.25, 0.3) is 0 Å². The highest BCUT2D eigenvalue weighted by molar-refractivity contribution is 5.76. The second-order valence-corrected chi connectivity index (χ2v) is 8.93. The average Bonchev–Trinajstić information content (AvgIpc) is 3.25. The highest BCUT2D eigenvalue weighted by Gasteiger charge is 2.29. The van der Waals surface area contributed by atoms with Crippen LogP contribution in [0, 0.1) is 5.92 Å². The zero-order valence-electron chi connectivity index (χ0n) is 17.5. The molecule has 0 N–H and O–H groups in total. The first-order chi connectivity index (χ1) is 13.3. The summed E-state index contributed by atoms with van der Waals surface area (Å²) in [4.78, 5) is 20.3. The minimum Gasteiger partial charge on any atom is -0.384 e. The normalized spacial score (nSPS) is 25.7. The fourth-order valence-electron chi connectivity index (χ4n) is 5.27. The SMILES string of the molecule is COCCC(=O)N(CCN1CCCCC1)CC1CCCN(C2CCCC2)C1. The number of likely N-dealkylation sites (tertiary alicyclic amines) is 2. The number of hydrogen-bond acceptors (Lipinski definition) is 4. The molecule has 2 aliphatic heterocycles. The zero-order valence-corrected chi connectivity index (χ0v) is 17.5. The quantitative estimate of drug-likeness (QED) is 0.617. The minimum absolute atomic E-state index is 0.284. The van der Waals surface area contributed by atoms with Crippen LogP contribution >= 0.6 is 0 Å². The van der Waals surface area contributed by atoms with E-state index in [1.807, 2.05) is 0 Å². The molecule has 0 radical (unpaired) electrons. The number of ether oxygens (including phenoxy) is 1. The molecule has 3 fully saturated rings. The Labute approximate surface area is 166 Å². The molecule has 0 spiro atoms. The Kier molecular flexibility index (Phi) is 8.88. The Bertz CT molecular complexity index is 433. The van der Waals surface area contributed by atoms with E-state index in [1.54, 1.807) is 7.11 Å². The van der Waals surface area contributed by atoms with Gasteiger partial charge in [-0.05, 0) is 64.1 Å². The molecule has 3 aliphatic rings. The third-order valence-corrected chi connectivity index (χ3v) is 6.88.